The van der Waals surface area contributed by atoms with Gasteiger partial charge in [0.25, 0.3) is 0 Å². The lowest BCUT2D eigenvalue weighted by molar-refractivity contribution is -0.143. The van der Waals surface area contributed by atoms with E-state index in [1.807, 2.05) is 19.2 Å². The minimum atomic E-state index is -0.219. The Kier molecular flexibility index (Phi) is 5.41. The molecule has 128 valence electrons. The largest absolute Gasteiger partial charge is 0.466 e. The summed E-state index contributed by atoms with van der Waals surface area (Å²) in [5.74, 6) is 0.0648. The van der Waals surface area contributed by atoms with Crippen LogP contribution in [0.2, 0.25) is 0 Å². The molecule has 2 aromatic rings. The van der Waals surface area contributed by atoms with E-state index in [4.69, 9.17) is 4.74 Å². The van der Waals surface area contributed by atoms with Crippen LogP contribution >= 0.6 is 0 Å². The van der Waals surface area contributed by atoms with Crippen LogP contribution in [0.3, 0.4) is 0 Å². The summed E-state index contributed by atoms with van der Waals surface area (Å²) in [6.45, 7) is 4.90. The molecular formula is C19H23FN2O2. The van der Waals surface area contributed by atoms with Crippen molar-refractivity contribution < 1.29 is 13.9 Å². The van der Waals surface area contributed by atoms with Crippen LogP contribution in [0.15, 0.2) is 30.5 Å². The number of pyridine rings is 1. The van der Waals surface area contributed by atoms with E-state index in [0.717, 1.165) is 43.4 Å². The predicted octanol–water partition coefficient (Wildman–Crippen LogP) is 3.51. The minimum absolute atomic E-state index is 0.129. The lowest BCUT2D eigenvalue weighted by Gasteiger charge is -2.32. The highest BCUT2D eigenvalue weighted by molar-refractivity contribution is 5.82. The Bertz CT molecular complexity index is 712. The van der Waals surface area contributed by atoms with Crippen LogP contribution in [0.1, 0.15) is 37.7 Å². The molecule has 4 nitrogen and oxygen atoms in total. The van der Waals surface area contributed by atoms with Crippen LogP contribution < -0.4 is 0 Å². The quantitative estimate of drug-likeness (QED) is 0.787. The van der Waals surface area contributed by atoms with Gasteiger partial charge in [-0.15, -0.1) is 0 Å². The van der Waals surface area contributed by atoms with Crippen LogP contribution in [0, 0.1) is 5.82 Å². The highest BCUT2D eigenvalue weighted by Gasteiger charge is 2.22. The SMILES string of the molecule is CCOC(=O)CCN1CCC(c2ccnc3ccc(F)cc23)CC1. The van der Waals surface area contributed by atoms with Gasteiger partial charge in [0, 0.05) is 18.1 Å². The Morgan fingerprint density at radius 1 is 1.33 bits per heavy atom. The first-order valence-corrected chi connectivity index (χ1v) is 8.59. The summed E-state index contributed by atoms with van der Waals surface area (Å²) in [5.41, 5.74) is 2.03. The van der Waals surface area contributed by atoms with Crippen molar-refractivity contribution in [3.05, 3.63) is 41.8 Å². The highest BCUT2D eigenvalue weighted by Crippen LogP contribution is 2.32. The maximum absolute atomic E-state index is 13.6. The standard InChI is InChI=1S/C19H23FN2O2/c1-2-24-19(23)8-12-22-10-6-14(7-11-22)16-5-9-21-18-4-3-15(20)13-17(16)18/h3-5,9,13-14H,2,6-8,10-12H2,1H3. The number of carbonyl (C=O) groups excluding carboxylic acids is 1. The number of halogens is 1. The molecule has 0 atom stereocenters. The topological polar surface area (TPSA) is 42.4 Å². The lowest BCUT2D eigenvalue weighted by Crippen LogP contribution is -2.34. The van der Waals surface area contributed by atoms with E-state index in [0.29, 0.717) is 18.9 Å². The van der Waals surface area contributed by atoms with Crippen LogP contribution in [-0.4, -0.2) is 42.1 Å². The maximum atomic E-state index is 13.6. The summed E-state index contributed by atoms with van der Waals surface area (Å²) < 4.78 is 18.6. The molecule has 5 heteroatoms. The van der Waals surface area contributed by atoms with Crippen molar-refractivity contribution in [2.75, 3.05) is 26.2 Å². The van der Waals surface area contributed by atoms with Crippen molar-refractivity contribution in [2.24, 2.45) is 0 Å². The number of piperidine rings is 1. The third-order valence-corrected chi connectivity index (χ3v) is 4.70. The smallest absolute Gasteiger partial charge is 0.307 e. The van der Waals surface area contributed by atoms with Gasteiger partial charge in [-0.2, -0.15) is 0 Å². The second kappa shape index (κ2) is 7.71. The molecule has 1 aliphatic heterocycles. The zero-order chi connectivity index (χ0) is 16.9. The predicted molar refractivity (Wildman–Crippen MR) is 91.4 cm³/mol. The molecule has 1 aromatic heterocycles. The van der Waals surface area contributed by atoms with E-state index in [-0.39, 0.29) is 11.8 Å². The van der Waals surface area contributed by atoms with E-state index in [2.05, 4.69) is 9.88 Å². The number of likely N-dealkylation sites (tertiary alicyclic amines) is 1. The fourth-order valence-electron chi connectivity index (χ4n) is 3.45. The van der Waals surface area contributed by atoms with Crippen LogP contribution in [0.4, 0.5) is 4.39 Å². The Hall–Kier alpha value is -2.01. The van der Waals surface area contributed by atoms with Gasteiger partial charge in [0.1, 0.15) is 5.82 Å². The number of hydrogen-bond donors (Lipinski definition) is 0. The average molecular weight is 330 g/mol. The van der Waals surface area contributed by atoms with Crippen molar-refractivity contribution in [2.45, 2.75) is 32.1 Å². The van der Waals surface area contributed by atoms with Crippen molar-refractivity contribution >= 4 is 16.9 Å². The third kappa shape index (κ3) is 3.90. The van der Waals surface area contributed by atoms with E-state index in [9.17, 15) is 9.18 Å². The van der Waals surface area contributed by atoms with E-state index >= 15 is 0 Å². The molecule has 0 radical (unpaired) electrons. The zero-order valence-electron chi connectivity index (χ0n) is 14.0. The number of carbonyl (C=O) groups is 1. The zero-order valence-corrected chi connectivity index (χ0v) is 14.0. The van der Waals surface area contributed by atoms with Crippen molar-refractivity contribution in [1.82, 2.24) is 9.88 Å². The summed E-state index contributed by atoms with van der Waals surface area (Å²) in [6, 6.07) is 6.80. The second-order valence-electron chi connectivity index (χ2n) is 6.23. The molecule has 0 unspecified atom stereocenters. The molecule has 1 aliphatic rings. The molecule has 2 heterocycles. The normalized spacial score (nSPS) is 16.4. The molecule has 0 bridgehead atoms. The van der Waals surface area contributed by atoms with Gasteiger partial charge < -0.3 is 9.64 Å². The van der Waals surface area contributed by atoms with Gasteiger partial charge in [-0.3, -0.25) is 9.78 Å². The first kappa shape index (κ1) is 16.8. The van der Waals surface area contributed by atoms with Crippen molar-refractivity contribution in [1.29, 1.82) is 0 Å². The van der Waals surface area contributed by atoms with Crippen molar-refractivity contribution in [3.8, 4) is 0 Å². The summed E-state index contributed by atoms with van der Waals surface area (Å²) >= 11 is 0. The van der Waals surface area contributed by atoms with E-state index in [1.165, 1.54) is 11.6 Å². The van der Waals surface area contributed by atoms with Crippen LogP contribution in [0.5, 0.6) is 0 Å². The molecule has 0 spiro atoms. The number of ether oxygens (including phenoxy) is 1. The fraction of sp³-hybridized carbons (Fsp3) is 0.474. The van der Waals surface area contributed by atoms with E-state index in [1.54, 1.807) is 12.1 Å². The summed E-state index contributed by atoms with van der Waals surface area (Å²) in [6.07, 6.45) is 4.28. The first-order valence-electron chi connectivity index (χ1n) is 8.59. The molecule has 0 N–H and O–H groups in total. The molecular weight excluding hydrogens is 307 g/mol. The summed E-state index contributed by atoms with van der Waals surface area (Å²) in [7, 11) is 0. The molecule has 3 rings (SSSR count). The second-order valence-corrected chi connectivity index (χ2v) is 6.23. The number of hydrogen-bond acceptors (Lipinski definition) is 4. The summed E-state index contributed by atoms with van der Waals surface area (Å²) in [5, 5.41) is 0.919. The average Bonchev–Trinajstić information content (AvgIpc) is 2.60. The maximum Gasteiger partial charge on any atom is 0.307 e. The molecule has 0 aliphatic carbocycles. The molecule has 1 saturated heterocycles. The highest BCUT2D eigenvalue weighted by atomic mass is 19.1. The van der Waals surface area contributed by atoms with Crippen LogP contribution in [0.25, 0.3) is 10.9 Å². The lowest BCUT2D eigenvalue weighted by atomic mass is 9.87. The molecule has 24 heavy (non-hydrogen) atoms. The number of esters is 1. The van der Waals surface area contributed by atoms with Gasteiger partial charge in [-0.05, 0) is 68.6 Å². The van der Waals surface area contributed by atoms with Gasteiger partial charge in [0.2, 0.25) is 0 Å². The Morgan fingerprint density at radius 2 is 2.12 bits per heavy atom. The number of aromatic nitrogens is 1. The van der Waals surface area contributed by atoms with Gasteiger partial charge >= 0.3 is 5.97 Å². The molecule has 0 saturated carbocycles. The Labute approximate surface area is 141 Å². The Balaban J connectivity index is 1.63. The summed E-state index contributed by atoms with van der Waals surface area (Å²) in [4.78, 5) is 18.1. The number of fused-ring (bicyclic) bond motifs is 1. The number of nitrogens with zero attached hydrogens (tertiary/aromatic N) is 2. The van der Waals surface area contributed by atoms with Gasteiger partial charge in [-0.1, -0.05) is 0 Å². The number of rotatable bonds is 5. The van der Waals surface area contributed by atoms with Gasteiger partial charge in [0.05, 0.1) is 18.5 Å². The third-order valence-electron chi connectivity index (χ3n) is 4.70. The molecule has 0 amide bonds. The monoisotopic (exact) mass is 330 g/mol. The number of benzene rings is 1. The molecule has 1 aromatic carbocycles. The Morgan fingerprint density at radius 3 is 2.88 bits per heavy atom. The fourth-order valence-corrected chi connectivity index (χ4v) is 3.45. The van der Waals surface area contributed by atoms with Crippen molar-refractivity contribution in [3.63, 3.8) is 0 Å². The minimum Gasteiger partial charge on any atom is -0.466 e. The van der Waals surface area contributed by atoms with E-state index < -0.39 is 0 Å². The van der Waals surface area contributed by atoms with Crippen LogP contribution in [-0.2, 0) is 9.53 Å². The van der Waals surface area contributed by atoms with Gasteiger partial charge in [-0.25, -0.2) is 4.39 Å². The molecule has 1 fully saturated rings. The first-order chi connectivity index (χ1) is 11.7. The van der Waals surface area contributed by atoms with Gasteiger partial charge in [0.15, 0.2) is 0 Å².